The molecule has 1 aliphatic heterocycles. The summed E-state index contributed by atoms with van der Waals surface area (Å²) in [6, 6.07) is 14.9. The van der Waals surface area contributed by atoms with Crippen LogP contribution in [0, 0.1) is 0 Å². The third kappa shape index (κ3) is 8.06. The first-order chi connectivity index (χ1) is 18.2. The molecule has 1 fully saturated rings. The number of benzene rings is 2. The fourth-order valence-corrected chi connectivity index (χ4v) is 6.20. The Balaban J connectivity index is 1.46. The molecule has 0 atom stereocenters. The molecule has 5 nitrogen and oxygen atoms in total. The van der Waals surface area contributed by atoms with Crippen LogP contribution in [0.25, 0.3) is 0 Å². The molecule has 1 saturated heterocycles. The largest absolute Gasteiger partial charge is 0.416 e. The number of nitrogens with zero attached hydrogens (tertiary/aromatic N) is 2. The molecule has 1 N–H and O–H groups in total. The number of rotatable bonds is 10. The Bertz CT molecular complexity index is 1260. The number of carbonyl (C=O) groups is 1. The van der Waals surface area contributed by atoms with Crippen molar-refractivity contribution in [3.8, 4) is 0 Å². The van der Waals surface area contributed by atoms with Gasteiger partial charge in [0.2, 0.25) is 0 Å². The van der Waals surface area contributed by atoms with E-state index in [1.54, 1.807) is 18.0 Å². The van der Waals surface area contributed by atoms with E-state index in [4.69, 9.17) is 16.3 Å². The lowest BCUT2D eigenvalue weighted by atomic mass is 10.1. The number of ether oxygens (including phenoxy) is 1. The van der Waals surface area contributed by atoms with E-state index in [9.17, 15) is 18.0 Å². The Morgan fingerprint density at radius 2 is 1.74 bits per heavy atom. The number of halogens is 4. The lowest BCUT2D eigenvalue weighted by Gasteiger charge is -2.25. The molecule has 202 valence electrons. The molecule has 38 heavy (non-hydrogen) atoms. The molecule has 1 aliphatic rings. The molecule has 0 bridgehead atoms. The Hall–Kier alpha value is -1.89. The van der Waals surface area contributed by atoms with Crippen molar-refractivity contribution >= 4 is 58.9 Å². The van der Waals surface area contributed by atoms with Crippen LogP contribution in [0.15, 0.2) is 74.2 Å². The van der Waals surface area contributed by atoms with Gasteiger partial charge >= 0.3 is 6.18 Å². The molecule has 2 heterocycles. The van der Waals surface area contributed by atoms with Crippen LogP contribution in [0.3, 0.4) is 0 Å². The van der Waals surface area contributed by atoms with Gasteiger partial charge in [0.05, 0.1) is 23.8 Å². The highest BCUT2D eigenvalue weighted by atomic mass is 35.5. The second-order valence-electron chi connectivity index (χ2n) is 8.27. The predicted octanol–water partition coefficient (Wildman–Crippen LogP) is 8.35. The van der Waals surface area contributed by atoms with Crippen LogP contribution in [0.1, 0.15) is 35.8 Å². The van der Waals surface area contributed by atoms with Crippen molar-refractivity contribution < 1.29 is 22.7 Å². The average Bonchev–Trinajstić information content (AvgIpc) is 2.90. The van der Waals surface area contributed by atoms with Crippen LogP contribution in [-0.2, 0) is 10.9 Å². The van der Waals surface area contributed by atoms with Gasteiger partial charge in [-0.15, -0.1) is 0 Å². The van der Waals surface area contributed by atoms with Crippen LogP contribution in [0.5, 0.6) is 0 Å². The van der Waals surface area contributed by atoms with E-state index in [2.05, 4.69) is 26.1 Å². The number of morpholine rings is 1. The molecule has 4 rings (SSSR count). The fourth-order valence-electron chi connectivity index (χ4n) is 3.48. The van der Waals surface area contributed by atoms with Crippen molar-refractivity contribution in [3.63, 3.8) is 0 Å². The monoisotopic (exact) mass is 599 g/mol. The van der Waals surface area contributed by atoms with Gasteiger partial charge in [0.15, 0.2) is 5.78 Å². The molecule has 12 heteroatoms. The molecule has 0 aliphatic carbocycles. The summed E-state index contributed by atoms with van der Waals surface area (Å²) in [5.41, 5.74) is -0.459. The summed E-state index contributed by atoms with van der Waals surface area (Å²) in [4.78, 5) is 20.7. The maximum atomic E-state index is 12.9. The number of pyridine rings is 1. The second-order valence-corrected chi connectivity index (χ2v) is 11.8. The molecule has 1 aromatic heterocycles. The third-order valence-electron chi connectivity index (χ3n) is 5.38. The van der Waals surface area contributed by atoms with E-state index in [1.165, 1.54) is 17.8 Å². The predicted molar refractivity (Wildman–Crippen MR) is 148 cm³/mol. The number of carbonyl (C=O) groups excluding carboxylic acids is 1. The van der Waals surface area contributed by atoms with Gasteiger partial charge in [-0.1, -0.05) is 30.3 Å². The Kier molecular flexibility index (Phi) is 10.3. The number of alkyl halides is 3. The number of nitrogens with one attached hydrogen (secondary N) is 1. The quantitative estimate of drug-likeness (QED) is 0.184. The van der Waals surface area contributed by atoms with Gasteiger partial charge in [0, 0.05) is 39.1 Å². The van der Waals surface area contributed by atoms with Crippen molar-refractivity contribution in [2.45, 2.75) is 45.5 Å². The summed E-state index contributed by atoms with van der Waals surface area (Å²) in [5.74, 6) is 0.336. The first-order valence-electron chi connectivity index (χ1n) is 11.9. The normalized spacial score (nSPS) is 14.4. The van der Waals surface area contributed by atoms with Crippen LogP contribution >= 0.6 is 47.3 Å². The van der Waals surface area contributed by atoms with E-state index in [-0.39, 0.29) is 10.8 Å². The molecular weight excluding hydrogens is 575 g/mol. The minimum atomic E-state index is -4.47. The zero-order valence-electron chi connectivity index (χ0n) is 20.4. The molecule has 2 aromatic carbocycles. The lowest BCUT2D eigenvalue weighted by molar-refractivity contribution is -0.137. The van der Waals surface area contributed by atoms with Crippen molar-refractivity contribution in [3.05, 3.63) is 70.9 Å². The minimum absolute atomic E-state index is 0.0259. The summed E-state index contributed by atoms with van der Waals surface area (Å²) in [5, 5.41) is -0.0259. The van der Waals surface area contributed by atoms with Crippen LogP contribution in [-0.4, -0.2) is 41.4 Å². The Labute approximate surface area is 237 Å². The molecule has 3 aromatic rings. The van der Waals surface area contributed by atoms with Gasteiger partial charge in [-0.3, -0.25) is 4.79 Å². The van der Waals surface area contributed by atoms with Crippen LogP contribution in [0.2, 0.25) is 5.02 Å². The Morgan fingerprint density at radius 1 is 1.05 bits per heavy atom. The zero-order chi connectivity index (χ0) is 27.1. The summed E-state index contributed by atoms with van der Waals surface area (Å²) >= 11 is 10.3. The number of ketones is 1. The van der Waals surface area contributed by atoms with Crippen molar-refractivity contribution in [1.82, 2.24) is 9.29 Å². The van der Waals surface area contributed by atoms with Crippen molar-refractivity contribution in [2.75, 3.05) is 31.0 Å². The van der Waals surface area contributed by atoms with Gasteiger partial charge in [-0.25, -0.2) is 9.29 Å². The zero-order valence-corrected chi connectivity index (χ0v) is 23.6. The molecule has 0 spiro atoms. The highest BCUT2D eigenvalue weighted by Gasteiger charge is 2.31. The minimum Gasteiger partial charge on any atom is -0.379 e. The molecule has 0 unspecified atom stereocenters. The highest BCUT2D eigenvalue weighted by Crippen LogP contribution is 2.37. The fraction of sp³-hybridized carbons (Fsp3) is 0.308. The van der Waals surface area contributed by atoms with E-state index < -0.39 is 11.7 Å². The Morgan fingerprint density at radius 3 is 2.39 bits per heavy atom. The summed E-state index contributed by atoms with van der Waals surface area (Å²) < 4.78 is 49.4. The molecule has 0 amide bonds. The maximum Gasteiger partial charge on any atom is 0.416 e. The van der Waals surface area contributed by atoms with E-state index in [1.807, 2.05) is 25.1 Å². The van der Waals surface area contributed by atoms with Gasteiger partial charge in [0.25, 0.3) is 0 Å². The third-order valence-corrected chi connectivity index (χ3v) is 8.86. The number of aromatic nitrogens is 1. The van der Waals surface area contributed by atoms with Gasteiger partial charge in [-0.05, 0) is 84.9 Å². The van der Waals surface area contributed by atoms with Gasteiger partial charge in [0.1, 0.15) is 11.5 Å². The van der Waals surface area contributed by atoms with Crippen LogP contribution < -0.4 is 4.72 Å². The summed E-state index contributed by atoms with van der Waals surface area (Å²) in [6.07, 6.45) is -3.42. The number of hydrogen-bond donors (Lipinski definition) is 1. The average molecular weight is 600 g/mol. The smallest absolute Gasteiger partial charge is 0.379 e. The topological polar surface area (TPSA) is 54.5 Å². The van der Waals surface area contributed by atoms with Gasteiger partial charge in [-0.2, -0.15) is 13.2 Å². The lowest BCUT2D eigenvalue weighted by Crippen LogP contribution is -2.30. The first-order valence-corrected chi connectivity index (χ1v) is 14.6. The first kappa shape index (κ1) is 29.1. The van der Waals surface area contributed by atoms with E-state index in [0.29, 0.717) is 29.2 Å². The van der Waals surface area contributed by atoms with E-state index >= 15 is 0 Å². The molecule has 0 saturated carbocycles. The molecule has 0 radical (unpaired) electrons. The van der Waals surface area contributed by atoms with E-state index in [0.717, 1.165) is 65.1 Å². The van der Waals surface area contributed by atoms with Crippen molar-refractivity contribution in [1.29, 1.82) is 0 Å². The summed E-state index contributed by atoms with van der Waals surface area (Å²) in [6.45, 7) is 5.19. The number of hydrogen-bond acceptors (Lipinski definition) is 8. The van der Waals surface area contributed by atoms with Gasteiger partial charge < -0.3 is 9.46 Å². The molecular formula is C26H25ClF3N3O2S3. The summed E-state index contributed by atoms with van der Waals surface area (Å²) in [7, 11) is 0. The number of Topliss-reactive ketones (excluding diaryl/α,β-unsaturated/α-hetero) is 1. The highest BCUT2D eigenvalue weighted by molar-refractivity contribution is 8.00. The standard InChI is InChI=1S/C26H25ClF3N3O2S3/c1-2-3-21(34)25-23(36-18-5-7-19(8-6-18)38-33-12-14-35-15-13-33)10-11-24(31-25)32-37-22-9-4-17(16-20(22)27)26(28,29)30/h4-11,16H,2-3,12-15H2,1H3,(H,31,32). The van der Waals surface area contributed by atoms with Crippen LogP contribution in [0.4, 0.5) is 19.0 Å². The SMILES string of the molecule is CCCC(=O)c1nc(NSc2ccc(C(F)(F)F)cc2Cl)ccc1Sc1ccc(SN2CCOCC2)cc1. The maximum absolute atomic E-state index is 12.9. The van der Waals surface area contributed by atoms with Crippen molar-refractivity contribution in [2.24, 2.45) is 0 Å². The second kappa shape index (κ2) is 13.5. The number of anilines is 1.